The first-order chi connectivity index (χ1) is 14.6. The van der Waals surface area contributed by atoms with E-state index in [4.69, 9.17) is 14.2 Å². The van der Waals surface area contributed by atoms with Gasteiger partial charge in [-0.3, -0.25) is 9.59 Å². The minimum Gasteiger partial charge on any atom is -0.454 e. The second kappa shape index (κ2) is 6.23. The Bertz CT molecular complexity index is 953. The Morgan fingerprint density at radius 1 is 1.23 bits per heavy atom. The number of nitrogens with zero attached hydrogens (tertiary/aromatic N) is 1. The first-order valence-corrected chi connectivity index (χ1v) is 10.9. The highest BCUT2D eigenvalue weighted by atomic mass is 16.7. The third kappa shape index (κ3) is 2.35. The molecule has 7 nitrogen and oxygen atoms in total. The summed E-state index contributed by atoms with van der Waals surface area (Å²) >= 11 is 0. The summed E-state index contributed by atoms with van der Waals surface area (Å²) in [5.41, 5.74) is -0.0376. The topological polar surface area (TPSA) is 77.1 Å². The molecule has 2 amide bonds. The molecule has 4 aliphatic heterocycles. The number of benzene rings is 1. The lowest BCUT2D eigenvalue weighted by molar-refractivity contribution is -0.138. The van der Waals surface area contributed by atoms with E-state index in [2.05, 4.69) is 5.32 Å². The van der Waals surface area contributed by atoms with Crippen LogP contribution in [0.5, 0.6) is 11.5 Å². The molecule has 3 fully saturated rings. The Balaban J connectivity index is 1.31. The highest BCUT2D eigenvalue weighted by Crippen LogP contribution is 2.52. The monoisotopic (exact) mass is 410 g/mol. The fraction of sp³-hybridized carbons (Fsp3) is 0.565. The molecule has 5 aliphatic rings. The van der Waals surface area contributed by atoms with Gasteiger partial charge in [0.15, 0.2) is 11.5 Å². The van der Waals surface area contributed by atoms with Gasteiger partial charge < -0.3 is 24.4 Å². The number of fused-ring (bicyclic) bond motifs is 2. The van der Waals surface area contributed by atoms with Crippen molar-refractivity contribution in [2.75, 3.05) is 19.9 Å². The molecule has 158 valence electrons. The van der Waals surface area contributed by atoms with Crippen molar-refractivity contribution in [3.8, 4) is 11.5 Å². The van der Waals surface area contributed by atoms with Gasteiger partial charge in [0.1, 0.15) is 5.60 Å². The van der Waals surface area contributed by atoms with E-state index in [1.807, 2.05) is 37.3 Å². The molecule has 1 N–H and O–H groups in total. The zero-order valence-corrected chi connectivity index (χ0v) is 17.1. The van der Waals surface area contributed by atoms with Crippen LogP contribution < -0.4 is 14.8 Å². The smallest absolute Gasteiger partial charge is 0.231 e. The van der Waals surface area contributed by atoms with E-state index in [0.29, 0.717) is 13.1 Å². The molecule has 4 atom stereocenters. The molecular formula is C23H26N2O5. The molecule has 1 spiro atoms. The van der Waals surface area contributed by atoms with Crippen LogP contribution in [0.15, 0.2) is 30.4 Å². The second-order valence-electron chi connectivity index (χ2n) is 9.10. The number of amides is 2. The summed E-state index contributed by atoms with van der Waals surface area (Å²) < 4.78 is 17.2. The molecule has 1 aromatic rings. The number of carbonyl (C=O) groups excluding carboxylic acids is 2. The van der Waals surface area contributed by atoms with E-state index >= 15 is 0 Å². The summed E-state index contributed by atoms with van der Waals surface area (Å²) in [6.45, 7) is 3.37. The van der Waals surface area contributed by atoms with Crippen LogP contribution in [0.25, 0.3) is 0 Å². The number of hydrogen-bond acceptors (Lipinski definition) is 5. The molecule has 0 aromatic heterocycles. The van der Waals surface area contributed by atoms with Gasteiger partial charge >= 0.3 is 0 Å². The third-order valence-corrected chi connectivity index (χ3v) is 7.61. The number of carbonyl (C=O) groups is 2. The molecule has 4 heterocycles. The van der Waals surface area contributed by atoms with E-state index < -0.39 is 23.0 Å². The van der Waals surface area contributed by atoms with Crippen LogP contribution in [-0.4, -0.2) is 48.3 Å². The van der Waals surface area contributed by atoms with E-state index in [-0.39, 0.29) is 24.7 Å². The summed E-state index contributed by atoms with van der Waals surface area (Å²) in [6, 6.07) is 5.94. The standard InChI is InChI=1S/C23H26N2O5/c1-2-25-12-23-10-7-16(30-23)18(19(23)21(25)27)20(26)24-22(8-3-4-9-22)14-5-6-15-17(11-14)29-13-28-15/h5-7,10-11,16,18-19H,2-4,8-9,12-13H2,1H3,(H,24,26)/t16-,18+,19-,23-/m1/s1. The van der Waals surface area contributed by atoms with Gasteiger partial charge in [-0.2, -0.15) is 0 Å². The minimum absolute atomic E-state index is 0.0352. The van der Waals surface area contributed by atoms with Crippen LogP contribution in [0.1, 0.15) is 38.2 Å². The van der Waals surface area contributed by atoms with Crippen molar-refractivity contribution in [2.45, 2.75) is 49.9 Å². The number of hydrogen-bond donors (Lipinski definition) is 1. The third-order valence-electron chi connectivity index (χ3n) is 7.61. The summed E-state index contributed by atoms with van der Waals surface area (Å²) in [5, 5.41) is 3.37. The van der Waals surface area contributed by atoms with Gasteiger partial charge in [0.05, 0.1) is 30.0 Å². The molecule has 0 radical (unpaired) electrons. The number of nitrogens with one attached hydrogen (secondary N) is 1. The Hall–Kier alpha value is -2.54. The lowest BCUT2D eigenvalue weighted by atomic mass is 9.76. The van der Waals surface area contributed by atoms with Crippen molar-refractivity contribution < 1.29 is 23.8 Å². The predicted molar refractivity (Wildman–Crippen MR) is 107 cm³/mol. The van der Waals surface area contributed by atoms with Crippen LogP contribution in [0.2, 0.25) is 0 Å². The van der Waals surface area contributed by atoms with Crippen molar-refractivity contribution in [1.29, 1.82) is 0 Å². The predicted octanol–water partition coefficient (Wildman–Crippen LogP) is 2.10. The highest BCUT2D eigenvalue weighted by Gasteiger charge is 2.66. The van der Waals surface area contributed by atoms with Crippen LogP contribution in [-0.2, 0) is 19.9 Å². The summed E-state index contributed by atoms with van der Waals surface area (Å²) in [6.07, 6.45) is 7.49. The average Bonchev–Trinajstić information content (AvgIpc) is 3.55. The number of ether oxygens (including phenoxy) is 3. The molecule has 1 aliphatic carbocycles. The minimum atomic E-state index is -0.638. The van der Waals surface area contributed by atoms with Gasteiger partial charge in [-0.1, -0.05) is 31.1 Å². The fourth-order valence-electron chi connectivity index (χ4n) is 6.12. The van der Waals surface area contributed by atoms with E-state index in [9.17, 15) is 9.59 Å². The summed E-state index contributed by atoms with van der Waals surface area (Å²) in [5.74, 6) is 0.508. The maximum absolute atomic E-state index is 13.6. The lowest BCUT2D eigenvalue weighted by Gasteiger charge is -2.34. The molecule has 0 unspecified atom stereocenters. The zero-order valence-electron chi connectivity index (χ0n) is 17.1. The van der Waals surface area contributed by atoms with Crippen molar-refractivity contribution in [3.63, 3.8) is 0 Å². The molecule has 2 saturated heterocycles. The molecule has 30 heavy (non-hydrogen) atoms. The molecule has 1 saturated carbocycles. The Morgan fingerprint density at radius 2 is 2.03 bits per heavy atom. The molecule has 7 heteroatoms. The molecule has 1 aromatic carbocycles. The van der Waals surface area contributed by atoms with Crippen molar-refractivity contribution in [2.24, 2.45) is 11.8 Å². The highest BCUT2D eigenvalue weighted by molar-refractivity contribution is 5.93. The molecule has 6 rings (SSSR count). The Kier molecular flexibility index (Phi) is 3.79. The maximum atomic E-state index is 13.6. The molecule has 2 bridgehead atoms. The largest absolute Gasteiger partial charge is 0.454 e. The van der Waals surface area contributed by atoms with E-state index in [1.165, 1.54) is 0 Å². The van der Waals surface area contributed by atoms with Crippen molar-refractivity contribution in [1.82, 2.24) is 10.2 Å². The zero-order chi connectivity index (χ0) is 20.5. The Morgan fingerprint density at radius 3 is 2.83 bits per heavy atom. The number of likely N-dealkylation sites (tertiary alicyclic amines) is 1. The van der Waals surface area contributed by atoms with Gasteiger partial charge in [-0.15, -0.1) is 0 Å². The van der Waals surface area contributed by atoms with Gasteiger partial charge in [0.2, 0.25) is 18.6 Å². The normalized spacial score (nSPS) is 34.6. The lowest BCUT2D eigenvalue weighted by Crippen LogP contribution is -2.51. The second-order valence-corrected chi connectivity index (χ2v) is 9.10. The quantitative estimate of drug-likeness (QED) is 0.770. The number of rotatable bonds is 4. The summed E-state index contributed by atoms with van der Waals surface area (Å²) in [7, 11) is 0. The van der Waals surface area contributed by atoms with Crippen LogP contribution in [0, 0.1) is 11.8 Å². The van der Waals surface area contributed by atoms with Crippen molar-refractivity contribution >= 4 is 11.8 Å². The first kappa shape index (κ1) is 18.2. The van der Waals surface area contributed by atoms with Crippen molar-refractivity contribution in [3.05, 3.63) is 35.9 Å². The SMILES string of the molecule is CCN1C[C@@]23C=C[C@@H](O2)[C@H](C(=O)NC2(c4ccc5c(c4)OCO5)CCCC2)[C@@H]3C1=O. The maximum Gasteiger partial charge on any atom is 0.231 e. The van der Waals surface area contributed by atoms with Crippen LogP contribution in [0.4, 0.5) is 0 Å². The summed E-state index contributed by atoms with van der Waals surface area (Å²) in [4.78, 5) is 28.5. The number of likely N-dealkylation sites (N-methyl/N-ethyl adjacent to an activating group) is 1. The Labute approximate surface area is 175 Å². The van der Waals surface area contributed by atoms with Crippen LogP contribution in [0.3, 0.4) is 0 Å². The van der Waals surface area contributed by atoms with Crippen LogP contribution >= 0.6 is 0 Å². The van der Waals surface area contributed by atoms with Gasteiger partial charge in [0, 0.05) is 6.54 Å². The van der Waals surface area contributed by atoms with Gasteiger partial charge in [0.25, 0.3) is 0 Å². The van der Waals surface area contributed by atoms with Gasteiger partial charge in [-0.05, 0) is 37.5 Å². The first-order valence-electron chi connectivity index (χ1n) is 10.9. The molecular weight excluding hydrogens is 384 g/mol. The fourth-order valence-corrected chi connectivity index (χ4v) is 6.12. The van der Waals surface area contributed by atoms with Gasteiger partial charge in [-0.25, -0.2) is 0 Å². The average molecular weight is 410 g/mol. The van der Waals surface area contributed by atoms with E-state index in [0.717, 1.165) is 42.7 Å². The van der Waals surface area contributed by atoms with E-state index in [1.54, 1.807) is 4.90 Å².